The molecule has 3 heterocycles. The van der Waals surface area contributed by atoms with Gasteiger partial charge in [0.1, 0.15) is 5.82 Å². The second-order valence-corrected chi connectivity index (χ2v) is 10.0. The van der Waals surface area contributed by atoms with Gasteiger partial charge in [0.2, 0.25) is 0 Å². The Labute approximate surface area is 207 Å². The fraction of sp³-hybridized carbons (Fsp3) is 0.280. The molecule has 1 unspecified atom stereocenters. The van der Waals surface area contributed by atoms with Crippen molar-refractivity contribution in [2.75, 3.05) is 11.9 Å². The van der Waals surface area contributed by atoms with Gasteiger partial charge in [0.05, 0.1) is 18.3 Å². The van der Waals surface area contributed by atoms with Gasteiger partial charge in [-0.05, 0) is 44.4 Å². The van der Waals surface area contributed by atoms with E-state index in [4.69, 9.17) is 11.6 Å². The molecule has 1 aliphatic heterocycles. The van der Waals surface area contributed by atoms with Crippen molar-refractivity contribution in [2.24, 2.45) is 0 Å². The van der Waals surface area contributed by atoms with Gasteiger partial charge in [-0.3, -0.25) is 5.32 Å². The van der Waals surface area contributed by atoms with Crippen molar-refractivity contribution in [3.8, 4) is 11.3 Å². The molecule has 0 saturated carbocycles. The van der Waals surface area contributed by atoms with E-state index in [-0.39, 0.29) is 12.1 Å². The number of halogens is 1. The Kier molecular flexibility index (Phi) is 6.34. The molecule has 1 fully saturated rings. The number of hydrogen-bond donors (Lipinski definition) is 1. The predicted octanol–water partition coefficient (Wildman–Crippen LogP) is 6.09. The number of benzene rings is 2. The highest BCUT2D eigenvalue weighted by molar-refractivity contribution is 7.16. The number of aryl methyl sites for hydroxylation is 2. The summed E-state index contributed by atoms with van der Waals surface area (Å²) >= 11 is 7.53. The summed E-state index contributed by atoms with van der Waals surface area (Å²) in [4.78, 5) is 20.9. The highest BCUT2D eigenvalue weighted by atomic mass is 35.5. The molecule has 7 nitrogen and oxygen atoms in total. The number of rotatable bonds is 5. The van der Waals surface area contributed by atoms with E-state index in [9.17, 15) is 4.79 Å². The Morgan fingerprint density at radius 1 is 1.12 bits per heavy atom. The first-order valence-electron chi connectivity index (χ1n) is 11.2. The summed E-state index contributed by atoms with van der Waals surface area (Å²) in [7, 11) is 0. The molecule has 2 aromatic heterocycles. The molecule has 2 amide bonds. The number of aromatic nitrogens is 4. The topological polar surface area (TPSA) is 75.9 Å². The van der Waals surface area contributed by atoms with Crippen molar-refractivity contribution in [2.45, 2.75) is 39.3 Å². The number of nitrogens with one attached hydrogen (secondary N) is 1. The van der Waals surface area contributed by atoms with Gasteiger partial charge < -0.3 is 9.47 Å². The fourth-order valence-corrected chi connectivity index (χ4v) is 5.32. The maximum atomic E-state index is 13.3. The van der Waals surface area contributed by atoms with Gasteiger partial charge in [-0.25, -0.2) is 9.78 Å². The zero-order valence-electron chi connectivity index (χ0n) is 19.0. The van der Waals surface area contributed by atoms with Crippen LogP contribution in [0.25, 0.3) is 11.3 Å². The molecule has 1 saturated heterocycles. The maximum Gasteiger partial charge on any atom is 0.324 e. The first-order chi connectivity index (χ1) is 16.5. The third-order valence-corrected chi connectivity index (χ3v) is 7.23. The minimum absolute atomic E-state index is 0.136. The lowest BCUT2D eigenvalue weighted by atomic mass is 10.1. The zero-order chi connectivity index (χ0) is 23.7. The molecule has 5 rings (SSSR count). The summed E-state index contributed by atoms with van der Waals surface area (Å²) in [6.45, 7) is 5.26. The Morgan fingerprint density at radius 2 is 1.88 bits per heavy atom. The van der Waals surface area contributed by atoms with Gasteiger partial charge in [0.25, 0.3) is 0 Å². The van der Waals surface area contributed by atoms with Crippen LogP contribution in [0.2, 0.25) is 5.02 Å². The second kappa shape index (κ2) is 9.56. The summed E-state index contributed by atoms with van der Waals surface area (Å²) in [5.74, 6) is 1.63. The molecule has 9 heteroatoms. The molecule has 0 aliphatic carbocycles. The van der Waals surface area contributed by atoms with Crippen LogP contribution in [0.3, 0.4) is 0 Å². The lowest BCUT2D eigenvalue weighted by Crippen LogP contribution is -2.35. The van der Waals surface area contributed by atoms with Crippen LogP contribution >= 0.6 is 22.9 Å². The number of nitrogens with zero attached hydrogens (tertiary/aromatic N) is 5. The Bertz CT molecular complexity index is 1300. The second-order valence-electron chi connectivity index (χ2n) is 8.39. The van der Waals surface area contributed by atoms with Gasteiger partial charge in [0.15, 0.2) is 11.0 Å². The highest BCUT2D eigenvalue weighted by Crippen LogP contribution is 2.34. The number of amides is 2. The monoisotopic (exact) mass is 492 g/mol. The highest BCUT2D eigenvalue weighted by Gasteiger charge is 2.34. The normalized spacial score (nSPS) is 15.6. The number of carbonyl (C=O) groups excluding carboxylic acids is 1. The van der Waals surface area contributed by atoms with Crippen LogP contribution in [0.5, 0.6) is 0 Å². The van der Waals surface area contributed by atoms with Crippen LogP contribution in [0.15, 0.2) is 54.6 Å². The van der Waals surface area contributed by atoms with Gasteiger partial charge in [-0.15, -0.1) is 21.5 Å². The Morgan fingerprint density at radius 3 is 2.65 bits per heavy atom. The van der Waals surface area contributed by atoms with Crippen molar-refractivity contribution in [3.05, 3.63) is 81.7 Å². The molecule has 174 valence electrons. The first-order valence-corrected chi connectivity index (χ1v) is 12.4. The smallest absolute Gasteiger partial charge is 0.314 e. The number of hydrogen-bond acceptors (Lipinski definition) is 5. The lowest BCUT2D eigenvalue weighted by molar-refractivity contribution is 0.204. The number of thiazole rings is 1. The molecule has 0 spiro atoms. The largest absolute Gasteiger partial charge is 0.324 e. The van der Waals surface area contributed by atoms with Crippen molar-refractivity contribution in [1.82, 2.24) is 24.6 Å². The summed E-state index contributed by atoms with van der Waals surface area (Å²) in [5, 5.41) is 13.1. The van der Waals surface area contributed by atoms with Crippen LogP contribution in [-0.4, -0.2) is 37.2 Å². The molecule has 0 bridgehead atoms. The number of likely N-dealkylation sites (tertiary alicyclic amines) is 1. The van der Waals surface area contributed by atoms with Gasteiger partial charge in [-0.2, -0.15) is 0 Å². The number of anilines is 1. The molecule has 1 atom stereocenters. The van der Waals surface area contributed by atoms with Crippen LogP contribution in [0.4, 0.5) is 9.93 Å². The van der Waals surface area contributed by atoms with Gasteiger partial charge in [-0.1, -0.05) is 54.1 Å². The summed E-state index contributed by atoms with van der Waals surface area (Å²) in [6, 6.07) is 17.5. The average molecular weight is 493 g/mol. The molecule has 1 aliphatic rings. The van der Waals surface area contributed by atoms with Gasteiger partial charge >= 0.3 is 6.03 Å². The SMILES string of the molecule is Cc1sc(NC(=O)N2CCCC2c2nnc(C)n2Cc2ccc(Cl)cc2)nc1-c1ccccc1. The minimum Gasteiger partial charge on any atom is -0.314 e. The molecular weight excluding hydrogens is 468 g/mol. The lowest BCUT2D eigenvalue weighted by Gasteiger charge is -2.24. The molecule has 0 radical (unpaired) electrons. The maximum absolute atomic E-state index is 13.3. The summed E-state index contributed by atoms with van der Waals surface area (Å²) in [6.07, 6.45) is 1.76. The van der Waals surface area contributed by atoms with E-state index in [1.54, 1.807) is 0 Å². The number of carbonyl (C=O) groups is 1. The average Bonchev–Trinajstić information content (AvgIpc) is 3.55. The summed E-state index contributed by atoms with van der Waals surface area (Å²) in [5.41, 5.74) is 3.05. The van der Waals surface area contributed by atoms with Crippen molar-refractivity contribution >= 4 is 34.1 Å². The zero-order valence-corrected chi connectivity index (χ0v) is 20.6. The van der Waals surface area contributed by atoms with Gasteiger partial charge in [0, 0.05) is 22.0 Å². The Hall–Kier alpha value is -3.23. The standard InChI is InChI=1S/C25H25ClN6OS/c1-16-22(19-7-4-3-5-8-19)27-24(34-16)28-25(33)31-14-6-9-21(31)23-30-29-17(2)32(23)15-18-10-12-20(26)13-11-18/h3-5,7-8,10-13,21H,6,9,14-15H2,1-2H3,(H,27,28,33). The summed E-state index contributed by atoms with van der Waals surface area (Å²) < 4.78 is 2.08. The first kappa shape index (κ1) is 22.6. The van der Waals surface area contributed by atoms with Crippen molar-refractivity contribution < 1.29 is 4.79 Å². The molecule has 2 aromatic carbocycles. The van der Waals surface area contributed by atoms with E-state index in [2.05, 4.69) is 25.1 Å². The third kappa shape index (κ3) is 4.56. The van der Waals surface area contributed by atoms with E-state index in [0.29, 0.717) is 23.2 Å². The van der Waals surface area contributed by atoms with Crippen LogP contribution in [0, 0.1) is 13.8 Å². The van der Waals surface area contributed by atoms with E-state index in [0.717, 1.165) is 46.2 Å². The van der Waals surface area contributed by atoms with Crippen molar-refractivity contribution in [3.63, 3.8) is 0 Å². The van der Waals surface area contributed by atoms with Crippen LogP contribution in [-0.2, 0) is 6.54 Å². The predicted molar refractivity (Wildman–Crippen MR) is 135 cm³/mol. The molecule has 4 aromatic rings. The van der Waals surface area contributed by atoms with E-state index >= 15 is 0 Å². The molecular formula is C25H25ClN6OS. The van der Waals surface area contributed by atoms with E-state index < -0.39 is 0 Å². The third-order valence-electron chi connectivity index (χ3n) is 6.09. The van der Waals surface area contributed by atoms with Crippen LogP contribution < -0.4 is 5.32 Å². The van der Waals surface area contributed by atoms with Crippen molar-refractivity contribution in [1.29, 1.82) is 0 Å². The van der Waals surface area contributed by atoms with E-state index in [1.165, 1.54) is 11.3 Å². The van der Waals surface area contributed by atoms with Crippen LogP contribution in [0.1, 0.15) is 41.0 Å². The number of urea groups is 1. The molecule has 1 N–H and O–H groups in total. The Balaban J connectivity index is 1.35. The fourth-order valence-electron chi connectivity index (χ4n) is 4.37. The minimum atomic E-state index is -0.158. The van der Waals surface area contributed by atoms with E-state index in [1.807, 2.05) is 73.3 Å². The quantitative estimate of drug-likeness (QED) is 0.366. The molecule has 34 heavy (non-hydrogen) atoms.